The molecular weight excluding hydrogens is 472 g/mol. The van der Waals surface area contributed by atoms with E-state index in [1.807, 2.05) is 6.08 Å². The number of benzene rings is 5. The maximum Gasteiger partial charge on any atom is 0.135 e. The number of allylic oxidation sites excluding steroid dienone is 5. The van der Waals surface area contributed by atoms with E-state index in [0.717, 1.165) is 28.0 Å². The molecule has 0 atom stereocenters. The molecule has 1 heterocycles. The molecule has 0 N–H and O–H groups in total. The average Bonchev–Trinajstić information content (AvgIpc) is 3.35. The highest BCUT2D eigenvalue weighted by Gasteiger charge is 2.14. The molecule has 1 aliphatic rings. The predicted octanol–water partition coefficient (Wildman–Crippen LogP) is 9.01. The van der Waals surface area contributed by atoms with Gasteiger partial charge in [-0.15, -0.1) is 0 Å². The Bertz CT molecular complexity index is 2100. The summed E-state index contributed by atoms with van der Waals surface area (Å²) in [4.78, 5) is 0. The molecule has 7 rings (SSSR count). The van der Waals surface area contributed by atoms with Crippen LogP contribution in [-0.2, 0) is 0 Å². The Hall–Kier alpha value is -4.88. The Morgan fingerprint density at radius 1 is 0.692 bits per heavy atom. The van der Waals surface area contributed by atoms with Crippen molar-refractivity contribution in [3.05, 3.63) is 144 Å². The van der Waals surface area contributed by atoms with Gasteiger partial charge in [-0.05, 0) is 86.5 Å². The normalized spacial score (nSPS) is 15.1. The second-order valence-electron chi connectivity index (χ2n) is 10.1. The summed E-state index contributed by atoms with van der Waals surface area (Å²) < 4.78 is 6.24. The minimum atomic E-state index is 0.862. The second kappa shape index (κ2) is 9.45. The van der Waals surface area contributed by atoms with Gasteiger partial charge in [0.2, 0.25) is 0 Å². The molecule has 39 heavy (non-hydrogen) atoms. The topological polar surface area (TPSA) is 13.1 Å². The minimum Gasteiger partial charge on any atom is -0.456 e. The summed E-state index contributed by atoms with van der Waals surface area (Å²) in [7, 11) is 0. The third-order valence-corrected chi connectivity index (χ3v) is 7.89. The maximum absolute atomic E-state index is 6.24. The van der Waals surface area contributed by atoms with Gasteiger partial charge in [0.25, 0.3) is 0 Å². The highest BCUT2D eigenvalue weighted by Crippen LogP contribution is 2.39. The monoisotopic (exact) mass is 500 g/mol. The van der Waals surface area contributed by atoms with Crippen LogP contribution in [0.5, 0.6) is 0 Å². The van der Waals surface area contributed by atoms with Gasteiger partial charge in [0.1, 0.15) is 11.0 Å². The van der Waals surface area contributed by atoms with Crippen LogP contribution in [0, 0.1) is 6.92 Å². The van der Waals surface area contributed by atoms with Gasteiger partial charge in [-0.25, -0.2) is 0 Å². The first-order valence-corrected chi connectivity index (χ1v) is 13.5. The van der Waals surface area contributed by atoms with Crippen LogP contribution in [0.1, 0.15) is 12.0 Å². The predicted molar refractivity (Wildman–Crippen MR) is 167 cm³/mol. The Balaban J connectivity index is 1.38. The Morgan fingerprint density at radius 3 is 2.08 bits per heavy atom. The molecule has 1 aromatic heterocycles. The Kier molecular flexibility index (Phi) is 5.64. The summed E-state index contributed by atoms with van der Waals surface area (Å²) in [6.07, 6.45) is 13.2. The first-order chi connectivity index (χ1) is 19.2. The van der Waals surface area contributed by atoms with Gasteiger partial charge in [0.15, 0.2) is 0 Å². The molecule has 6 aromatic rings. The molecule has 0 radical (unpaired) electrons. The van der Waals surface area contributed by atoms with Crippen molar-refractivity contribution >= 4 is 44.2 Å². The van der Waals surface area contributed by atoms with Crippen molar-refractivity contribution in [3.8, 4) is 22.3 Å². The Morgan fingerprint density at radius 2 is 1.36 bits per heavy atom. The number of fused-ring (bicyclic) bond motifs is 4. The highest BCUT2D eigenvalue weighted by molar-refractivity contribution is 6.15. The van der Waals surface area contributed by atoms with Gasteiger partial charge >= 0.3 is 0 Å². The van der Waals surface area contributed by atoms with Crippen LogP contribution in [0.4, 0.5) is 0 Å². The summed E-state index contributed by atoms with van der Waals surface area (Å²) in [5, 5.41) is 7.50. The van der Waals surface area contributed by atoms with Crippen LogP contribution < -0.4 is 10.6 Å². The van der Waals surface area contributed by atoms with E-state index in [1.54, 1.807) is 6.08 Å². The molecular formula is C38H28O. The van der Waals surface area contributed by atoms with E-state index in [0.29, 0.717) is 0 Å². The van der Waals surface area contributed by atoms with E-state index in [1.165, 1.54) is 54.9 Å². The molecule has 0 saturated heterocycles. The number of furan rings is 1. The van der Waals surface area contributed by atoms with Crippen LogP contribution in [0.15, 0.2) is 132 Å². The summed E-state index contributed by atoms with van der Waals surface area (Å²) in [5.74, 6) is 0. The van der Waals surface area contributed by atoms with Crippen LogP contribution >= 0.6 is 0 Å². The molecule has 1 heteroatoms. The lowest BCUT2D eigenvalue weighted by molar-refractivity contribution is 0.575. The van der Waals surface area contributed by atoms with Crippen molar-refractivity contribution in [2.45, 2.75) is 13.3 Å². The summed E-state index contributed by atoms with van der Waals surface area (Å²) in [6, 6.07) is 33.0. The molecule has 0 saturated carbocycles. The zero-order valence-corrected chi connectivity index (χ0v) is 21.9. The second-order valence-corrected chi connectivity index (χ2v) is 10.1. The molecule has 1 nitrogen and oxygen atoms in total. The SMILES string of the molecule is C=C/C=c1/oc2ccc(-c3ccc(-c4c(C)c5ccccc5c5ccccc45)cc3)cc2/c1=C1\C=CC=CC1. The van der Waals surface area contributed by atoms with Gasteiger partial charge in [-0.2, -0.15) is 0 Å². The van der Waals surface area contributed by atoms with Crippen LogP contribution in [-0.4, -0.2) is 0 Å². The van der Waals surface area contributed by atoms with E-state index in [9.17, 15) is 0 Å². The molecule has 0 aliphatic heterocycles. The van der Waals surface area contributed by atoms with Gasteiger partial charge in [-0.1, -0.05) is 116 Å². The molecule has 0 spiro atoms. The van der Waals surface area contributed by atoms with Crippen LogP contribution in [0.2, 0.25) is 0 Å². The third-order valence-electron chi connectivity index (χ3n) is 7.89. The van der Waals surface area contributed by atoms with Crippen molar-refractivity contribution in [3.63, 3.8) is 0 Å². The van der Waals surface area contributed by atoms with Crippen LogP contribution in [0.3, 0.4) is 0 Å². The molecule has 1 aliphatic carbocycles. The zero-order valence-electron chi connectivity index (χ0n) is 21.9. The maximum atomic E-state index is 6.24. The van der Waals surface area contributed by atoms with Gasteiger partial charge in [-0.3, -0.25) is 0 Å². The highest BCUT2D eigenvalue weighted by atomic mass is 16.3. The number of rotatable bonds is 3. The van der Waals surface area contributed by atoms with Crippen LogP contribution in [0.25, 0.3) is 66.4 Å². The lowest BCUT2D eigenvalue weighted by atomic mass is 9.88. The number of aryl methyl sites for hydroxylation is 1. The molecule has 0 unspecified atom stereocenters. The fraction of sp³-hybridized carbons (Fsp3) is 0.0526. The summed E-state index contributed by atoms with van der Waals surface area (Å²) in [6.45, 7) is 6.14. The van der Waals surface area contributed by atoms with Crippen molar-refractivity contribution in [1.82, 2.24) is 0 Å². The lowest BCUT2D eigenvalue weighted by Crippen LogP contribution is -2.22. The summed E-state index contributed by atoms with van der Waals surface area (Å²) in [5.41, 5.74) is 9.25. The van der Waals surface area contributed by atoms with Gasteiger partial charge in [0.05, 0.1) is 0 Å². The van der Waals surface area contributed by atoms with E-state index < -0.39 is 0 Å². The van der Waals surface area contributed by atoms with Crippen molar-refractivity contribution in [2.24, 2.45) is 0 Å². The van der Waals surface area contributed by atoms with Gasteiger partial charge in [0, 0.05) is 10.6 Å². The summed E-state index contributed by atoms with van der Waals surface area (Å²) >= 11 is 0. The minimum absolute atomic E-state index is 0.862. The first-order valence-electron chi connectivity index (χ1n) is 13.5. The molecule has 0 amide bonds. The smallest absolute Gasteiger partial charge is 0.135 e. The quantitative estimate of drug-likeness (QED) is 0.221. The molecule has 0 bridgehead atoms. The lowest BCUT2D eigenvalue weighted by Gasteiger charge is -2.16. The fourth-order valence-electron chi connectivity index (χ4n) is 6.07. The van der Waals surface area contributed by atoms with E-state index in [2.05, 4.69) is 129 Å². The zero-order chi connectivity index (χ0) is 26.3. The average molecular weight is 501 g/mol. The standard InChI is InChI=1S/C38H28O/c1-3-11-36-38(27-12-5-4-6-13-27)34-24-29(22-23-35(34)39-36)26-18-20-28(21-19-26)37-25(2)30-14-7-8-15-31(30)32-16-9-10-17-33(32)37/h3-12,14-24H,1,13H2,2H3/b36-11+,38-27-. The van der Waals surface area contributed by atoms with E-state index in [-0.39, 0.29) is 0 Å². The van der Waals surface area contributed by atoms with Crippen molar-refractivity contribution < 1.29 is 4.42 Å². The number of hydrogen-bond donors (Lipinski definition) is 0. The molecule has 5 aromatic carbocycles. The first kappa shape index (κ1) is 23.3. The van der Waals surface area contributed by atoms with Crippen molar-refractivity contribution in [1.29, 1.82) is 0 Å². The molecule has 186 valence electrons. The van der Waals surface area contributed by atoms with Gasteiger partial charge < -0.3 is 4.42 Å². The third kappa shape index (κ3) is 3.86. The van der Waals surface area contributed by atoms with Crippen molar-refractivity contribution in [2.75, 3.05) is 0 Å². The Labute approximate surface area is 228 Å². The largest absolute Gasteiger partial charge is 0.456 e. The van der Waals surface area contributed by atoms with E-state index >= 15 is 0 Å². The number of hydrogen-bond acceptors (Lipinski definition) is 1. The van der Waals surface area contributed by atoms with E-state index in [4.69, 9.17) is 4.42 Å². The fourth-order valence-corrected chi connectivity index (χ4v) is 6.07. The molecule has 0 fully saturated rings.